The van der Waals surface area contributed by atoms with Gasteiger partial charge in [-0.3, -0.25) is 4.79 Å². The highest BCUT2D eigenvalue weighted by Crippen LogP contribution is 2.37. The molecule has 1 amide bonds. The van der Waals surface area contributed by atoms with Crippen LogP contribution in [-0.2, 0) is 0 Å². The highest BCUT2D eigenvalue weighted by Gasteiger charge is 2.16. The zero-order valence-electron chi connectivity index (χ0n) is 15.8. The molecule has 0 fully saturated rings. The first-order valence-corrected chi connectivity index (χ1v) is 9.63. The Morgan fingerprint density at radius 2 is 1.86 bits per heavy atom. The van der Waals surface area contributed by atoms with Crippen LogP contribution in [0.25, 0.3) is 20.8 Å². The van der Waals surface area contributed by atoms with Gasteiger partial charge in [-0.05, 0) is 48.5 Å². The van der Waals surface area contributed by atoms with Crippen molar-refractivity contribution in [2.24, 2.45) is 0 Å². The first-order valence-electron chi connectivity index (χ1n) is 8.81. The number of hydrogen-bond donors (Lipinski definition) is 2. The Morgan fingerprint density at radius 3 is 2.62 bits per heavy atom. The van der Waals surface area contributed by atoms with Crippen LogP contribution >= 0.6 is 11.3 Å². The molecule has 4 aromatic rings. The third-order valence-corrected chi connectivity index (χ3v) is 5.50. The van der Waals surface area contributed by atoms with Crippen LogP contribution in [0.1, 0.15) is 10.4 Å². The molecule has 0 saturated heterocycles. The molecule has 3 aromatic carbocycles. The van der Waals surface area contributed by atoms with Crippen LogP contribution in [0.2, 0.25) is 0 Å². The molecule has 2 N–H and O–H groups in total. The van der Waals surface area contributed by atoms with Crippen molar-refractivity contribution >= 4 is 33.1 Å². The number of carbonyl (C=O) groups excluding carboxylic acids is 1. The highest BCUT2D eigenvalue weighted by molar-refractivity contribution is 7.21. The molecule has 0 radical (unpaired) electrons. The number of nitrogens with one attached hydrogen (secondary N) is 1. The second-order valence-electron chi connectivity index (χ2n) is 6.24. The van der Waals surface area contributed by atoms with Crippen molar-refractivity contribution in [3.63, 3.8) is 0 Å². The molecular formula is C22H18N2O4S. The van der Waals surface area contributed by atoms with Gasteiger partial charge in [0, 0.05) is 5.69 Å². The molecule has 0 aliphatic carbocycles. The van der Waals surface area contributed by atoms with E-state index in [1.165, 1.54) is 25.6 Å². The van der Waals surface area contributed by atoms with Crippen LogP contribution in [0, 0.1) is 0 Å². The van der Waals surface area contributed by atoms with Gasteiger partial charge in [0.2, 0.25) is 0 Å². The molecule has 0 aliphatic heterocycles. The molecule has 0 unspecified atom stereocenters. The molecule has 0 saturated carbocycles. The lowest BCUT2D eigenvalue weighted by molar-refractivity contribution is 0.102. The first-order chi connectivity index (χ1) is 14.1. The number of carbonyl (C=O) groups is 1. The zero-order valence-corrected chi connectivity index (χ0v) is 16.6. The second kappa shape index (κ2) is 7.81. The number of benzene rings is 3. The number of hydrogen-bond acceptors (Lipinski definition) is 6. The fourth-order valence-electron chi connectivity index (χ4n) is 2.96. The van der Waals surface area contributed by atoms with Gasteiger partial charge in [-0.25, -0.2) is 4.98 Å². The number of fused-ring (bicyclic) bond motifs is 1. The van der Waals surface area contributed by atoms with E-state index in [9.17, 15) is 9.90 Å². The van der Waals surface area contributed by atoms with Crippen molar-refractivity contribution < 1.29 is 19.4 Å². The largest absolute Gasteiger partial charge is 0.507 e. The van der Waals surface area contributed by atoms with Gasteiger partial charge < -0.3 is 19.9 Å². The number of para-hydroxylation sites is 1. The van der Waals surface area contributed by atoms with Crippen molar-refractivity contribution in [2.75, 3.05) is 19.5 Å². The van der Waals surface area contributed by atoms with E-state index in [4.69, 9.17) is 9.47 Å². The molecule has 0 atom stereocenters. The number of aromatic nitrogens is 1. The summed E-state index contributed by atoms with van der Waals surface area (Å²) in [6, 6.07) is 17.7. The maximum Gasteiger partial charge on any atom is 0.259 e. The molecule has 29 heavy (non-hydrogen) atoms. The minimum Gasteiger partial charge on any atom is -0.507 e. The quantitative estimate of drug-likeness (QED) is 0.459. The van der Waals surface area contributed by atoms with Crippen LogP contribution in [0.3, 0.4) is 0 Å². The van der Waals surface area contributed by atoms with E-state index >= 15 is 0 Å². The Labute approximate surface area is 171 Å². The van der Waals surface area contributed by atoms with Crippen molar-refractivity contribution in [1.82, 2.24) is 4.98 Å². The molecule has 0 spiro atoms. The van der Waals surface area contributed by atoms with Crippen LogP contribution in [-0.4, -0.2) is 30.2 Å². The number of thiazole rings is 1. The van der Waals surface area contributed by atoms with Gasteiger partial charge >= 0.3 is 0 Å². The summed E-state index contributed by atoms with van der Waals surface area (Å²) in [4.78, 5) is 17.4. The number of nitrogens with zero attached hydrogens (tertiary/aromatic N) is 1. The number of rotatable bonds is 5. The number of aromatic hydroxyl groups is 1. The van der Waals surface area contributed by atoms with E-state index in [-0.39, 0.29) is 11.7 Å². The molecular weight excluding hydrogens is 388 g/mol. The summed E-state index contributed by atoms with van der Waals surface area (Å²) >= 11 is 1.48. The molecule has 0 aliphatic rings. The molecule has 6 nitrogen and oxygen atoms in total. The van der Waals surface area contributed by atoms with Gasteiger partial charge in [-0.15, -0.1) is 11.3 Å². The lowest BCUT2D eigenvalue weighted by Gasteiger charge is -2.12. The highest BCUT2D eigenvalue weighted by atomic mass is 32.1. The van der Waals surface area contributed by atoms with Crippen molar-refractivity contribution in [1.29, 1.82) is 0 Å². The van der Waals surface area contributed by atoms with Crippen molar-refractivity contribution in [3.05, 3.63) is 66.2 Å². The number of amides is 1. The predicted molar refractivity (Wildman–Crippen MR) is 114 cm³/mol. The lowest BCUT2D eigenvalue weighted by atomic mass is 10.1. The van der Waals surface area contributed by atoms with Gasteiger partial charge in [0.15, 0.2) is 0 Å². The maximum absolute atomic E-state index is 12.8. The minimum absolute atomic E-state index is 0.0982. The van der Waals surface area contributed by atoms with Gasteiger partial charge in [0.1, 0.15) is 22.3 Å². The zero-order chi connectivity index (χ0) is 20.4. The number of phenolic OH excluding ortho intramolecular Hbond substituents is 1. The molecule has 4 rings (SSSR count). The van der Waals surface area contributed by atoms with E-state index in [1.807, 2.05) is 24.3 Å². The van der Waals surface area contributed by atoms with Gasteiger partial charge in [-0.1, -0.05) is 12.1 Å². The second-order valence-corrected chi connectivity index (χ2v) is 7.27. The van der Waals surface area contributed by atoms with Crippen LogP contribution in [0.5, 0.6) is 17.2 Å². The maximum atomic E-state index is 12.8. The van der Waals surface area contributed by atoms with Crippen molar-refractivity contribution in [3.8, 4) is 27.8 Å². The Bertz CT molecular complexity index is 1170. The normalized spacial score (nSPS) is 10.7. The van der Waals surface area contributed by atoms with Gasteiger partial charge in [0.05, 0.1) is 35.6 Å². The molecule has 146 valence electrons. The molecule has 7 heteroatoms. The summed E-state index contributed by atoms with van der Waals surface area (Å²) in [6.07, 6.45) is 0. The van der Waals surface area contributed by atoms with E-state index < -0.39 is 0 Å². The Balaban J connectivity index is 1.67. The van der Waals surface area contributed by atoms with Crippen molar-refractivity contribution in [2.45, 2.75) is 0 Å². The standard InChI is InChI=1S/C22H18N2O4S/c1-27-14-8-10-19(28-2)16(12-14)21(26)23-13-7-9-18(25)15(11-13)22-24-17-5-3-4-6-20(17)29-22/h3-12,25H,1-2H3,(H,23,26). The summed E-state index contributed by atoms with van der Waals surface area (Å²) in [5, 5.41) is 13.9. The first kappa shape index (κ1) is 18.8. The molecule has 0 bridgehead atoms. The summed E-state index contributed by atoms with van der Waals surface area (Å²) < 4.78 is 11.5. The van der Waals surface area contributed by atoms with Crippen LogP contribution in [0.4, 0.5) is 5.69 Å². The fourth-order valence-corrected chi connectivity index (χ4v) is 3.95. The third-order valence-electron chi connectivity index (χ3n) is 4.43. The Kier molecular flexibility index (Phi) is 5.05. The van der Waals surface area contributed by atoms with Crippen LogP contribution < -0.4 is 14.8 Å². The summed E-state index contributed by atoms with van der Waals surface area (Å²) in [7, 11) is 3.04. The Hall–Kier alpha value is -3.58. The average molecular weight is 406 g/mol. The SMILES string of the molecule is COc1ccc(OC)c(C(=O)Nc2ccc(O)c(-c3nc4ccccc4s3)c2)c1. The number of phenols is 1. The summed E-state index contributed by atoms with van der Waals surface area (Å²) in [5.41, 5.74) is 2.30. The van der Waals surface area contributed by atoms with Crippen LogP contribution in [0.15, 0.2) is 60.7 Å². The predicted octanol–water partition coefficient (Wildman–Crippen LogP) is 4.94. The lowest BCUT2D eigenvalue weighted by Crippen LogP contribution is -2.13. The smallest absolute Gasteiger partial charge is 0.259 e. The molecule has 1 aromatic heterocycles. The van der Waals surface area contributed by atoms with E-state index in [1.54, 1.807) is 36.4 Å². The average Bonchev–Trinajstić information content (AvgIpc) is 3.18. The summed E-state index contributed by atoms with van der Waals surface area (Å²) in [6.45, 7) is 0. The fraction of sp³-hybridized carbons (Fsp3) is 0.0909. The van der Waals surface area contributed by atoms with E-state index in [0.717, 1.165) is 10.2 Å². The van der Waals surface area contributed by atoms with Gasteiger partial charge in [0.25, 0.3) is 5.91 Å². The topological polar surface area (TPSA) is 80.7 Å². The monoisotopic (exact) mass is 406 g/mol. The number of anilines is 1. The number of ether oxygens (including phenoxy) is 2. The van der Waals surface area contributed by atoms with Gasteiger partial charge in [-0.2, -0.15) is 0 Å². The Morgan fingerprint density at radius 1 is 1.03 bits per heavy atom. The number of methoxy groups -OCH3 is 2. The minimum atomic E-state index is -0.346. The third kappa shape index (κ3) is 3.72. The summed E-state index contributed by atoms with van der Waals surface area (Å²) in [5.74, 6) is 0.744. The van der Waals surface area contributed by atoms with E-state index in [2.05, 4.69) is 10.3 Å². The van der Waals surface area contributed by atoms with E-state index in [0.29, 0.717) is 33.3 Å². The molecule has 1 heterocycles.